The Morgan fingerprint density at radius 3 is 2.50 bits per heavy atom. The molecule has 0 spiro atoms. The van der Waals surface area contributed by atoms with Crippen molar-refractivity contribution in [1.29, 1.82) is 5.26 Å². The summed E-state index contributed by atoms with van der Waals surface area (Å²) in [6.07, 6.45) is 0.569. The molecule has 0 aromatic carbocycles. The van der Waals surface area contributed by atoms with Crippen LogP contribution in [0.3, 0.4) is 0 Å². The van der Waals surface area contributed by atoms with Crippen LogP contribution < -0.4 is 0 Å². The molecule has 0 heterocycles. The summed E-state index contributed by atoms with van der Waals surface area (Å²) in [4.78, 5) is 0. The molecule has 0 aliphatic rings. The first-order valence-electron chi connectivity index (χ1n) is 1.97. The van der Waals surface area contributed by atoms with E-state index >= 15 is 0 Å². The molecule has 1 heteroatoms. The predicted octanol–water partition coefficient (Wildman–Crippen LogP) is 1.37. The molecule has 0 amide bonds. The number of hydrogen-bond donors (Lipinski definition) is 0. The summed E-state index contributed by atoms with van der Waals surface area (Å²) in [5, 5.41) is 7.95. The molecule has 6 heavy (non-hydrogen) atoms. The monoisotopic (exact) mass is 82.1 g/mol. The van der Waals surface area contributed by atoms with Crippen molar-refractivity contribution in [3.8, 4) is 6.07 Å². The molecule has 0 N–H and O–H groups in total. The van der Waals surface area contributed by atoms with Gasteiger partial charge in [0.1, 0.15) is 0 Å². The van der Waals surface area contributed by atoms with Crippen LogP contribution >= 0.6 is 0 Å². The number of hydrogen-bond acceptors (Lipinski definition) is 1. The fourth-order valence-electron chi connectivity index (χ4n) is 0.156. The van der Waals surface area contributed by atoms with Gasteiger partial charge in [0.15, 0.2) is 0 Å². The summed E-state index contributed by atoms with van der Waals surface area (Å²) >= 11 is 0. The molecule has 33 valence electrons. The average Bonchev–Trinajstić information content (AvgIpc) is 1.35. The van der Waals surface area contributed by atoms with E-state index < -0.39 is 0 Å². The lowest BCUT2D eigenvalue weighted by Gasteiger charge is -1.88. The lowest BCUT2D eigenvalue weighted by atomic mass is 10.2. The summed E-state index contributed by atoms with van der Waals surface area (Å²) in [5.74, 6) is 0.287. The first kappa shape index (κ1) is 5.49. The quantitative estimate of drug-likeness (QED) is 0.468. The van der Waals surface area contributed by atoms with E-state index in [-0.39, 0.29) is 5.92 Å². The van der Waals surface area contributed by atoms with Gasteiger partial charge in [-0.3, -0.25) is 0 Å². The Morgan fingerprint density at radius 2 is 2.50 bits per heavy atom. The van der Waals surface area contributed by atoms with Gasteiger partial charge in [-0.2, -0.15) is 5.26 Å². The van der Waals surface area contributed by atoms with Crippen molar-refractivity contribution < 1.29 is 0 Å². The summed E-state index contributed by atoms with van der Waals surface area (Å²) in [6, 6.07) is 2.00. The molecule has 1 nitrogen and oxygen atoms in total. The van der Waals surface area contributed by atoms with Gasteiger partial charge in [0.25, 0.3) is 0 Å². The third kappa shape index (κ3) is 3.49. The van der Waals surface area contributed by atoms with E-state index in [0.717, 1.165) is 0 Å². The molecular weight excluding hydrogens is 74.1 g/mol. The molecular formula is C5H8N. The van der Waals surface area contributed by atoms with E-state index in [2.05, 4.69) is 6.92 Å². The highest BCUT2D eigenvalue weighted by Gasteiger charge is 1.85. The Hall–Kier alpha value is -0.510. The fraction of sp³-hybridized carbons (Fsp3) is 0.600. The maximum atomic E-state index is 7.95. The van der Waals surface area contributed by atoms with Crippen LogP contribution in [0.15, 0.2) is 0 Å². The molecule has 0 bridgehead atoms. The summed E-state index contributed by atoms with van der Waals surface area (Å²) in [5.41, 5.74) is 0. The third-order valence-electron chi connectivity index (χ3n) is 0.440. The van der Waals surface area contributed by atoms with E-state index in [0.29, 0.717) is 6.42 Å². The largest absolute Gasteiger partial charge is 0.198 e. The molecule has 0 saturated carbocycles. The maximum Gasteiger partial charge on any atom is 0.0624 e. The highest BCUT2D eigenvalue weighted by molar-refractivity contribution is 4.73. The highest BCUT2D eigenvalue weighted by atomic mass is 14.2. The van der Waals surface area contributed by atoms with Gasteiger partial charge in [-0.25, -0.2) is 0 Å². The Kier molecular flexibility index (Phi) is 2.48. The van der Waals surface area contributed by atoms with E-state index in [4.69, 9.17) is 5.26 Å². The minimum atomic E-state index is 0.287. The Bertz CT molecular complexity index is 58.8. The van der Waals surface area contributed by atoms with Crippen LogP contribution in [0.5, 0.6) is 0 Å². The van der Waals surface area contributed by atoms with E-state index in [1.54, 1.807) is 0 Å². The van der Waals surface area contributed by atoms with Gasteiger partial charge in [-0.1, -0.05) is 6.92 Å². The second-order valence-corrected chi connectivity index (χ2v) is 1.47. The van der Waals surface area contributed by atoms with Crippen molar-refractivity contribution in [2.24, 2.45) is 5.92 Å². The minimum absolute atomic E-state index is 0.287. The van der Waals surface area contributed by atoms with Crippen molar-refractivity contribution >= 4 is 0 Å². The smallest absolute Gasteiger partial charge is 0.0624 e. The molecule has 1 radical (unpaired) electrons. The van der Waals surface area contributed by atoms with Crippen molar-refractivity contribution in [3.05, 3.63) is 6.92 Å². The summed E-state index contributed by atoms with van der Waals surface area (Å²) in [7, 11) is 0. The zero-order valence-corrected chi connectivity index (χ0v) is 3.94. The third-order valence-corrected chi connectivity index (χ3v) is 0.440. The topological polar surface area (TPSA) is 23.8 Å². The van der Waals surface area contributed by atoms with Crippen LogP contribution in [0.4, 0.5) is 0 Å². The van der Waals surface area contributed by atoms with Crippen LogP contribution in [0.2, 0.25) is 0 Å². The van der Waals surface area contributed by atoms with Gasteiger partial charge in [-0.15, -0.1) is 0 Å². The van der Waals surface area contributed by atoms with E-state index in [9.17, 15) is 0 Å². The minimum Gasteiger partial charge on any atom is -0.198 e. The van der Waals surface area contributed by atoms with Crippen molar-refractivity contribution in [3.63, 3.8) is 0 Å². The molecule has 0 fully saturated rings. The van der Waals surface area contributed by atoms with E-state index in [1.165, 1.54) is 0 Å². The number of nitrogens with zero attached hydrogens (tertiary/aromatic N) is 1. The lowest BCUT2D eigenvalue weighted by molar-refractivity contribution is 0.748. The van der Waals surface area contributed by atoms with Gasteiger partial charge < -0.3 is 0 Å². The molecule has 0 aliphatic carbocycles. The normalized spacial score (nSPS) is 8.33. The highest BCUT2D eigenvalue weighted by Crippen LogP contribution is 1.93. The van der Waals surface area contributed by atoms with Crippen LogP contribution in [0, 0.1) is 24.2 Å². The fourth-order valence-corrected chi connectivity index (χ4v) is 0.156. The average molecular weight is 82.1 g/mol. The molecule has 0 saturated heterocycles. The molecule has 0 aliphatic heterocycles. The van der Waals surface area contributed by atoms with Crippen LogP contribution in [-0.2, 0) is 0 Å². The second kappa shape index (κ2) is 2.71. The van der Waals surface area contributed by atoms with E-state index in [1.807, 2.05) is 13.0 Å². The zero-order valence-electron chi connectivity index (χ0n) is 3.94. The molecule has 1 unspecified atom stereocenters. The second-order valence-electron chi connectivity index (χ2n) is 1.47. The van der Waals surface area contributed by atoms with Gasteiger partial charge in [0, 0.05) is 6.42 Å². The van der Waals surface area contributed by atoms with Gasteiger partial charge in [-0.05, 0) is 12.8 Å². The maximum absolute atomic E-state index is 7.95. The Morgan fingerprint density at radius 1 is 2.00 bits per heavy atom. The van der Waals surface area contributed by atoms with Crippen molar-refractivity contribution in [1.82, 2.24) is 0 Å². The Balaban J connectivity index is 2.88. The molecule has 1 atom stereocenters. The van der Waals surface area contributed by atoms with Gasteiger partial charge in [0.2, 0.25) is 0 Å². The first-order valence-corrected chi connectivity index (χ1v) is 1.97. The number of rotatable bonds is 1. The van der Waals surface area contributed by atoms with Crippen LogP contribution in [-0.4, -0.2) is 0 Å². The zero-order chi connectivity index (χ0) is 4.99. The first-order chi connectivity index (χ1) is 2.77. The predicted molar refractivity (Wildman–Crippen MR) is 24.8 cm³/mol. The molecule has 0 rings (SSSR count). The molecule has 0 aromatic heterocycles. The number of nitriles is 1. The van der Waals surface area contributed by atoms with Crippen molar-refractivity contribution in [2.45, 2.75) is 13.3 Å². The van der Waals surface area contributed by atoms with Crippen LogP contribution in [0.1, 0.15) is 13.3 Å². The Labute approximate surface area is 38.6 Å². The van der Waals surface area contributed by atoms with Crippen molar-refractivity contribution in [2.75, 3.05) is 0 Å². The summed E-state index contributed by atoms with van der Waals surface area (Å²) < 4.78 is 0. The van der Waals surface area contributed by atoms with Gasteiger partial charge >= 0.3 is 0 Å². The lowest BCUT2D eigenvalue weighted by Crippen LogP contribution is -1.80. The molecule has 0 aromatic rings. The summed E-state index contributed by atoms with van der Waals surface area (Å²) in [6.45, 7) is 5.53. The van der Waals surface area contributed by atoms with Crippen LogP contribution in [0.25, 0.3) is 0 Å². The SMILES string of the molecule is [CH2]C(C)CC#N. The van der Waals surface area contributed by atoms with Gasteiger partial charge in [0.05, 0.1) is 6.07 Å². The standard InChI is InChI=1S/C5H8N/c1-5(2)3-4-6/h5H,1,3H2,2H3.